The molecule has 1 unspecified atom stereocenters. The highest BCUT2D eigenvalue weighted by Crippen LogP contribution is 2.46. The predicted octanol–water partition coefficient (Wildman–Crippen LogP) is 4.41. The largest absolute Gasteiger partial charge is 0.489 e. The van der Waals surface area contributed by atoms with E-state index in [0.29, 0.717) is 17.4 Å². The lowest BCUT2D eigenvalue weighted by Crippen LogP contribution is -2.70. The standard InChI is InChI=1S/C15H18BrF3N2O3/c1-13(2,3)14(4-5-21(14)12(22)23)8-24-10-6-9(16)7-20-11(10)15(17,18)19/h6-7H,4-5,8H2,1-3H3,(H,22,23). The summed E-state index contributed by atoms with van der Waals surface area (Å²) < 4.78 is 45.0. The zero-order valence-corrected chi connectivity index (χ0v) is 15.0. The van der Waals surface area contributed by atoms with Gasteiger partial charge in [0.05, 0.1) is 5.54 Å². The Bertz CT molecular complexity index is 646. The van der Waals surface area contributed by atoms with Gasteiger partial charge in [-0.3, -0.25) is 4.90 Å². The second kappa shape index (κ2) is 6.09. The first-order valence-electron chi connectivity index (χ1n) is 7.24. The van der Waals surface area contributed by atoms with Crippen LogP contribution in [0.5, 0.6) is 5.75 Å². The van der Waals surface area contributed by atoms with Crippen LogP contribution in [0.1, 0.15) is 32.9 Å². The van der Waals surface area contributed by atoms with Gasteiger partial charge < -0.3 is 9.84 Å². The molecule has 0 radical (unpaired) electrons. The average Bonchev–Trinajstić information content (AvgIpc) is 2.33. The predicted molar refractivity (Wildman–Crippen MR) is 84.0 cm³/mol. The first kappa shape index (κ1) is 18.8. The summed E-state index contributed by atoms with van der Waals surface area (Å²) in [5.74, 6) is -0.419. The number of carbonyl (C=O) groups is 1. The van der Waals surface area contributed by atoms with Crippen molar-refractivity contribution >= 4 is 22.0 Å². The number of alkyl halides is 3. The fraction of sp³-hybridized carbons (Fsp3) is 0.600. The number of pyridine rings is 1. The van der Waals surface area contributed by atoms with Gasteiger partial charge in [-0.05, 0) is 33.8 Å². The molecule has 0 aromatic carbocycles. The molecule has 1 atom stereocenters. The Hall–Kier alpha value is -1.51. The molecular formula is C15H18BrF3N2O3. The Morgan fingerprint density at radius 3 is 2.50 bits per heavy atom. The van der Waals surface area contributed by atoms with E-state index in [1.54, 1.807) is 0 Å². The summed E-state index contributed by atoms with van der Waals surface area (Å²) in [6, 6.07) is 1.19. The molecule has 1 aliphatic heterocycles. The van der Waals surface area contributed by atoms with Crippen molar-refractivity contribution in [1.82, 2.24) is 9.88 Å². The van der Waals surface area contributed by atoms with E-state index in [1.807, 2.05) is 20.8 Å². The molecule has 0 saturated carbocycles. The van der Waals surface area contributed by atoms with Gasteiger partial charge in [0.1, 0.15) is 6.61 Å². The molecule has 1 aromatic heterocycles. The van der Waals surface area contributed by atoms with Gasteiger partial charge in [0.2, 0.25) is 0 Å². The SMILES string of the molecule is CC(C)(C)C1(COc2cc(Br)cnc2C(F)(F)F)CCN1C(=O)O. The highest BCUT2D eigenvalue weighted by Gasteiger charge is 2.56. The molecule has 2 heterocycles. The number of nitrogens with zero attached hydrogens (tertiary/aromatic N) is 2. The van der Waals surface area contributed by atoms with Crippen molar-refractivity contribution in [1.29, 1.82) is 0 Å². The number of carboxylic acid groups (broad SMARTS) is 1. The van der Waals surface area contributed by atoms with E-state index in [1.165, 1.54) is 11.0 Å². The molecule has 24 heavy (non-hydrogen) atoms. The van der Waals surface area contributed by atoms with E-state index in [-0.39, 0.29) is 6.61 Å². The van der Waals surface area contributed by atoms with Crippen LogP contribution in [0.3, 0.4) is 0 Å². The molecule has 0 spiro atoms. The lowest BCUT2D eigenvalue weighted by molar-refractivity contribution is -0.144. The fourth-order valence-corrected chi connectivity index (χ4v) is 3.17. The van der Waals surface area contributed by atoms with Crippen LogP contribution < -0.4 is 4.74 Å². The third-order valence-corrected chi connectivity index (χ3v) is 4.88. The van der Waals surface area contributed by atoms with Crippen LogP contribution in [-0.2, 0) is 6.18 Å². The number of ether oxygens (including phenoxy) is 1. The van der Waals surface area contributed by atoms with Crippen LogP contribution >= 0.6 is 15.9 Å². The van der Waals surface area contributed by atoms with Gasteiger partial charge >= 0.3 is 12.3 Å². The quantitative estimate of drug-likeness (QED) is 0.801. The Balaban J connectivity index is 2.32. The molecule has 134 valence electrons. The normalized spacial score (nSPS) is 21.4. The summed E-state index contributed by atoms with van der Waals surface area (Å²) in [5.41, 5.74) is -2.51. The highest BCUT2D eigenvalue weighted by atomic mass is 79.9. The molecule has 5 nitrogen and oxygen atoms in total. The molecule has 1 fully saturated rings. The van der Waals surface area contributed by atoms with Crippen molar-refractivity contribution in [2.24, 2.45) is 5.41 Å². The van der Waals surface area contributed by atoms with Crippen LogP contribution in [0.15, 0.2) is 16.7 Å². The summed E-state index contributed by atoms with van der Waals surface area (Å²) in [4.78, 5) is 16.0. The van der Waals surface area contributed by atoms with E-state index in [0.717, 1.165) is 6.20 Å². The minimum absolute atomic E-state index is 0.177. The van der Waals surface area contributed by atoms with Crippen LogP contribution in [-0.4, -0.2) is 39.8 Å². The molecule has 1 aromatic rings. The van der Waals surface area contributed by atoms with Gasteiger partial charge in [-0.1, -0.05) is 20.8 Å². The molecule has 1 aliphatic rings. The maximum atomic E-state index is 13.1. The first-order chi connectivity index (χ1) is 10.9. The molecule has 2 rings (SSSR count). The van der Waals surface area contributed by atoms with Crippen LogP contribution in [0.4, 0.5) is 18.0 Å². The molecular weight excluding hydrogens is 393 g/mol. The van der Waals surface area contributed by atoms with Crippen LogP contribution in [0.25, 0.3) is 0 Å². The second-order valence-electron chi connectivity index (χ2n) is 6.75. The van der Waals surface area contributed by atoms with E-state index in [4.69, 9.17) is 4.74 Å². The highest BCUT2D eigenvalue weighted by molar-refractivity contribution is 9.10. The number of rotatable bonds is 3. The van der Waals surface area contributed by atoms with Crippen molar-refractivity contribution in [2.45, 2.75) is 38.9 Å². The Kier molecular flexibility index (Phi) is 4.78. The van der Waals surface area contributed by atoms with Gasteiger partial charge in [0.25, 0.3) is 0 Å². The fourth-order valence-electron chi connectivity index (χ4n) is 2.86. The second-order valence-corrected chi connectivity index (χ2v) is 7.67. The van der Waals surface area contributed by atoms with Crippen LogP contribution in [0.2, 0.25) is 0 Å². The number of aromatic nitrogens is 1. The molecule has 0 aliphatic carbocycles. The maximum absolute atomic E-state index is 13.1. The summed E-state index contributed by atoms with van der Waals surface area (Å²) >= 11 is 3.07. The van der Waals surface area contributed by atoms with Gasteiger partial charge in [-0.25, -0.2) is 9.78 Å². The Morgan fingerprint density at radius 2 is 2.08 bits per heavy atom. The molecule has 1 amide bonds. The van der Waals surface area contributed by atoms with Crippen LogP contribution in [0, 0.1) is 5.41 Å². The van der Waals surface area contributed by atoms with Crippen molar-refractivity contribution in [2.75, 3.05) is 13.2 Å². The van der Waals surface area contributed by atoms with Gasteiger partial charge in [0, 0.05) is 17.2 Å². The van der Waals surface area contributed by atoms with Crippen molar-refractivity contribution in [3.63, 3.8) is 0 Å². The van der Waals surface area contributed by atoms with Crippen molar-refractivity contribution in [3.05, 3.63) is 22.4 Å². The molecule has 0 bridgehead atoms. The lowest BCUT2D eigenvalue weighted by Gasteiger charge is -2.58. The minimum Gasteiger partial charge on any atom is -0.489 e. The average molecular weight is 411 g/mol. The molecule has 9 heteroatoms. The zero-order chi connectivity index (χ0) is 18.3. The van der Waals surface area contributed by atoms with Gasteiger partial charge in [-0.15, -0.1) is 0 Å². The summed E-state index contributed by atoms with van der Waals surface area (Å²) in [6.07, 6.45) is -4.20. The third kappa shape index (κ3) is 3.31. The summed E-state index contributed by atoms with van der Waals surface area (Å²) in [6.45, 7) is 5.68. The number of amides is 1. The molecule has 1 saturated heterocycles. The van der Waals surface area contributed by atoms with E-state index < -0.39 is 34.7 Å². The smallest absolute Gasteiger partial charge is 0.437 e. The van der Waals surface area contributed by atoms with E-state index >= 15 is 0 Å². The summed E-state index contributed by atoms with van der Waals surface area (Å²) in [7, 11) is 0. The first-order valence-corrected chi connectivity index (χ1v) is 8.04. The Morgan fingerprint density at radius 1 is 1.46 bits per heavy atom. The van der Waals surface area contributed by atoms with Crippen molar-refractivity contribution in [3.8, 4) is 5.75 Å². The number of hydrogen-bond donors (Lipinski definition) is 1. The van der Waals surface area contributed by atoms with Crippen molar-refractivity contribution < 1.29 is 27.8 Å². The minimum atomic E-state index is -4.66. The zero-order valence-electron chi connectivity index (χ0n) is 13.4. The monoisotopic (exact) mass is 410 g/mol. The van der Waals surface area contributed by atoms with E-state index in [2.05, 4.69) is 20.9 Å². The van der Waals surface area contributed by atoms with Gasteiger partial charge in [0.15, 0.2) is 11.4 Å². The summed E-state index contributed by atoms with van der Waals surface area (Å²) in [5, 5.41) is 9.33. The topological polar surface area (TPSA) is 62.7 Å². The number of hydrogen-bond acceptors (Lipinski definition) is 3. The lowest BCUT2D eigenvalue weighted by atomic mass is 9.66. The van der Waals surface area contributed by atoms with E-state index in [9.17, 15) is 23.1 Å². The Labute approximate surface area is 145 Å². The molecule has 1 N–H and O–H groups in total. The third-order valence-electron chi connectivity index (χ3n) is 4.45. The maximum Gasteiger partial charge on any atom is 0.437 e. The van der Waals surface area contributed by atoms with Gasteiger partial charge in [-0.2, -0.15) is 13.2 Å². The number of likely N-dealkylation sites (tertiary alicyclic amines) is 1. The number of halogens is 4.